The van der Waals surface area contributed by atoms with Crippen LogP contribution in [0.3, 0.4) is 0 Å². The largest absolute Gasteiger partial charge is 0.496 e. The highest BCUT2D eigenvalue weighted by Crippen LogP contribution is 2.29. The fourth-order valence-electron chi connectivity index (χ4n) is 2.58. The molecule has 1 aromatic carbocycles. The minimum Gasteiger partial charge on any atom is -0.496 e. The zero-order chi connectivity index (χ0) is 13.5. The Morgan fingerprint density at radius 3 is 2.22 bits per heavy atom. The van der Waals surface area contributed by atoms with E-state index < -0.39 is 0 Å². The molecule has 1 N–H and O–H groups in total. The van der Waals surface area contributed by atoms with Gasteiger partial charge < -0.3 is 10.1 Å². The molecule has 0 aliphatic heterocycles. The number of benzene rings is 1. The average molecular weight is 249 g/mol. The van der Waals surface area contributed by atoms with Gasteiger partial charge in [-0.2, -0.15) is 0 Å². The molecule has 0 aliphatic carbocycles. The number of nitrogens with one attached hydrogen (secondary N) is 1. The number of aryl methyl sites for hydroxylation is 2. The van der Waals surface area contributed by atoms with Crippen LogP contribution in [0.4, 0.5) is 0 Å². The van der Waals surface area contributed by atoms with Crippen molar-refractivity contribution in [3.8, 4) is 5.75 Å². The second kappa shape index (κ2) is 7.42. The number of ether oxygens (including phenoxy) is 1. The van der Waals surface area contributed by atoms with E-state index in [0.29, 0.717) is 6.04 Å². The third-order valence-electron chi connectivity index (χ3n) is 3.53. The van der Waals surface area contributed by atoms with E-state index in [-0.39, 0.29) is 0 Å². The van der Waals surface area contributed by atoms with Crippen LogP contribution in [-0.2, 0) is 0 Å². The van der Waals surface area contributed by atoms with Gasteiger partial charge in [0, 0.05) is 6.04 Å². The number of hydrogen-bond donors (Lipinski definition) is 1. The van der Waals surface area contributed by atoms with Crippen molar-refractivity contribution >= 4 is 0 Å². The molecule has 102 valence electrons. The van der Waals surface area contributed by atoms with Crippen molar-refractivity contribution in [3.05, 3.63) is 28.8 Å². The summed E-state index contributed by atoms with van der Waals surface area (Å²) in [6.45, 7) is 6.48. The van der Waals surface area contributed by atoms with E-state index in [0.717, 1.165) is 5.75 Å². The Balaban J connectivity index is 2.86. The summed E-state index contributed by atoms with van der Waals surface area (Å²) in [6.07, 6.45) is 5.07. The predicted molar refractivity (Wildman–Crippen MR) is 78.4 cm³/mol. The van der Waals surface area contributed by atoms with Crippen LogP contribution in [-0.4, -0.2) is 14.2 Å². The first-order chi connectivity index (χ1) is 8.63. The maximum atomic E-state index is 5.42. The van der Waals surface area contributed by atoms with E-state index in [1.54, 1.807) is 7.11 Å². The second-order valence-corrected chi connectivity index (χ2v) is 5.02. The van der Waals surface area contributed by atoms with Crippen LogP contribution in [0.1, 0.15) is 55.3 Å². The molecule has 0 fully saturated rings. The van der Waals surface area contributed by atoms with Crippen LogP contribution >= 0.6 is 0 Å². The van der Waals surface area contributed by atoms with Gasteiger partial charge in [-0.1, -0.05) is 38.3 Å². The van der Waals surface area contributed by atoms with Gasteiger partial charge in [-0.25, -0.2) is 0 Å². The Labute approximate surface area is 112 Å². The summed E-state index contributed by atoms with van der Waals surface area (Å²) >= 11 is 0. The van der Waals surface area contributed by atoms with E-state index in [9.17, 15) is 0 Å². The molecule has 1 atom stereocenters. The molecule has 2 heteroatoms. The van der Waals surface area contributed by atoms with Crippen LogP contribution in [0.25, 0.3) is 0 Å². The molecule has 1 aromatic rings. The Kier molecular flexibility index (Phi) is 6.20. The molecule has 0 amide bonds. The van der Waals surface area contributed by atoms with Gasteiger partial charge in [-0.3, -0.25) is 0 Å². The normalized spacial score (nSPS) is 12.5. The number of hydrogen-bond acceptors (Lipinski definition) is 2. The summed E-state index contributed by atoms with van der Waals surface area (Å²) in [5.74, 6) is 1.02. The number of methoxy groups -OCH3 is 1. The molecular formula is C16H27NO. The van der Waals surface area contributed by atoms with Crippen LogP contribution in [0.15, 0.2) is 12.1 Å². The molecule has 0 aromatic heterocycles. The monoisotopic (exact) mass is 249 g/mol. The van der Waals surface area contributed by atoms with Crippen molar-refractivity contribution in [2.45, 2.75) is 52.5 Å². The van der Waals surface area contributed by atoms with Crippen molar-refractivity contribution in [2.24, 2.45) is 0 Å². The van der Waals surface area contributed by atoms with Crippen molar-refractivity contribution in [3.63, 3.8) is 0 Å². The van der Waals surface area contributed by atoms with Gasteiger partial charge in [-0.15, -0.1) is 0 Å². The first-order valence-electron chi connectivity index (χ1n) is 6.96. The van der Waals surface area contributed by atoms with Crippen molar-refractivity contribution < 1.29 is 4.74 Å². The topological polar surface area (TPSA) is 21.3 Å². The molecule has 2 nitrogen and oxygen atoms in total. The Morgan fingerprint density at radius 2 is 1.78 bits per heavy atom. The zero-order valence-electron chi connectivity index (χ0n) is 12.5. The molecule has 18 heavy (non-hydrogen) atoms. The second-order valence-electron chi connectivity index (χ2n) is 5.02. The SMILES string of the molecule is CCCCCC(NC)c1cc(C)c(OC)c(C)c1. The van der Waals surface area contributed by atoms with Crippen LogP contribution in [0.2, 0.25) is 0 Å². The van der Waals surface area contributed by atoms with E-state index in [2.05, 4.69) is 38.2 Å². The highest BCUT2D eigenvalue weighted by molar-refractivity contribution is 5.44. The van der Waals surface area contributed by atoms with E-state index in [4.69, 9.17) is 4.74 Å². The van der Waals surface area contributed by atoms with Crippen molar-refractivity contribution in [2.75, 3.05) is 14.2 Å². The van der Waals surface area contributed by atoms with Gasteiger partial charge in [0.05, 0.1) is 7.11 Å². The molecule has 0 aliphatic rings. The standard InChI is InChI=1S/C16H27NO/c1-6-7-8-9-15(17-4)14-10-12(2)16(18-5)13(3)11-14/h10-11,15,17H,6-9H2,1-5H3. The molecule has 0 saturated heterocycles. The Morgan fingerprint density at radius 1 is 1.17 bits per heavy atom. The molecule has 0 radical (unpaired) electrons. The van der Waals surface area contributed by atoms with E-state index >= 15 is 0 Å². The van der Waals surface area contributed by atoms with Gasteiger partial charge in [0.25, 0.3) is 0 Å². The van der Waals surface area contributed by atoms with Crippen LogP contribution in [0, 0.1) is 13.8 Å². The molecule has 1 unspecified atom stereocenters. The molecule has 0 bridgehead atoms. The van der Waals surface area contributed by atoms with Crippen molar-refractivity contribution in [1.29, 1.82) is 0 Å². The third-order valence-corrected chi connectivity index (χ3v) is 3.53. The summed E-state index contributed by atoms with van der Waals surface area (Å²) in [6, 6.07) is 4.96. The summed E-state index contributed by atoms with van der Waals surface area (Å²) in [4.78, 5) is 0. The van der Waals surface area contributed by atoms with E-state index in [1.807, 2.05) is 7.05 Å². The minimum atomic E-state index is 0.458. The van der Waals surface area contributed by atoms with Gasteiger partial charge in [0.15, 0.2) is 0 Å². The molecule has 1 rings (SSSR count). The smallest absolute Gasteiger partial charge is 0.124 e. The first-order valence-corrected chi connectivity index (χ1v) is 6.96. The predicted octanol–water partition coefficient (Wildman–Crippen LogP) is 4.15. The Bertz CT molecular complexity index is 350. The maximum Gasteiger partial charge on any atom is 0.124 e. The van der Waals surface area contributed by atoms with Gasteiger partial charge >= 0.3 is 0 Å². The zero-order valence-corrected chi connectivity index (χ0v) is 12.5. The van der Waals surface area contributed by atoms with Gasteiger partial charge in [0.1, 0.15) is 5.75 Å². The van der Waals surface area contributed by atoms with Crippen LogP contribution in [0.5, 0.6) is 5.75 Å². The molecule has 0 saturated carbocycles. The Hall–Kier alpha value is -1.02. The van der Waals surface area contributed by atoms with E-state index in [1.165, 1.54) is 42.4 Å². The minimum absolute atomic E-state index is 0.458. The average Bonchev–Trinajstić information content (AvgIpc) is 2.34. The summed E-state index contributed by atoms with van der Waals surface area (Å²) < 4.78 is 5.42. The number of rotatable bonds is 7. The highest BCUT2D eigenvalue weighted by Gasteiger charge is 2.12. The molecular weight excluding hydrogens is 222 g/mol. The third kappa shape index (κ3) is 3.74. The van der Waals surface area contributed by atoms with Gasteiger partial charge in [0.2, 0.25) is 0 Å². The lowest BCUT2D eigenvalue weighted by molar-refractivity contribution is 0.407. The lowest BCUT2D eigenvalue weighted by Gasteiger charge is -2.19. The highest BCUT2D eigenvalue weighted by atomic mass is 16.5. The summed E-state index contributed by atoms with van der Waals surface area (Å²) in [5.41, 5.74) is 3.83. The maximum absolute atomic E-state index is 5.42. The lowest BCUT2D eigenvalue weighted by Crippen LogP contribution is -2.16. The lowest BCUT2D eigenvalue weighted by atomic mass is 9.96. The summed E-state index contributed by atoms with van der Waals surface area (Å²) in [5, 5.41) is 3.43. The fourth-order valence-corrected chi connectivity index (χ4v) is 2.58. The van der Waals surface area contributed by atoms with Crippen molar-refractivity contribution in [1.82, 2.24) is 5.32 Å². The van der Waals surface area contributed by atoms with Crippen LogP contribution < -0.4 is 10.1 Å². The van der Waals surface area contributed by atoms with Gasteiger partial charge in [-0.05, 0) is 44.0 Å². The number of unbranched alkanes of at least 4 members (excludes halogenated alkanes) is 2. The summed E-state index contributed by atoms with van der Waals surface area (Å²) in [7, 11) is 3.79. The quantitative estimate of drug-likeness (QED) is 0.733. The fraction of sp³-hybridized carbons (Fsp3) is 0.625. The molecule has 0 spiro atoms. The molecule has 0 heterocycles. The first kappa shape index (κ1) is 15.0.